The summed E-state index contributed by atoms with van der Waals surface area (Å²) in [7, 11) is 3.08. The van der Waals surface area contributed by atoms with E-state index in [1.54, 1.807) is 14.2 Å². The number of aliphatic hydroxyl groups excluding tert-OH is 1. The molecule has 0 aromatic heterocycles. The second-order valence-corrected chi connectivity index (χ2v) is 6.92. The van der Waals surface area contributed by atoms with Crippen LogP contribution in [0.15, 0.2) is 48.5 Å². The van der Waals surface area contributed by atoms with Gasteiger partial charge in [0.05, 0.1) is 13.2 Å². The summed E-state index contributed by atoms with van der Waals surface area (Å²) in [6, 6.07) is 17.7. The third-order valence-corrected chi connectivity index (χ3v) is 4.26. The van der Waals surface area contributed by atoms with Crippen molar-refractivity contribution in [2.24, 2.45) is 0 Å². The van der Waals surface area contributed by atoms with E-state index < -0.39 is 6.10 Å². The van der Waals surface area contributed by atoms with Crippen molar-refractivity contribution >= 4 is 0 Å². The number of hydrogen-bond acceptors (Lipinski definition) is 3. The lowest BCUT2D eigenvalue weighted by Gasteiger charge is -2.26. The van der Waals surface area contributed by atoms with E-state index >= 15 is 0 Å². The summed E-state index contributed by atoms with van der Waals surface area (Å²) in [5.74, 6) is 0. The molecule has 2 rings (SSSR count). The predicted octanol–water partition coefficient (Wildman–Crippen LogP) is 4.27. The lowest BCUT2D eigenvalue weighted by molar-refractivity contribution is 0.00980. The second-order valence-electron chi connectivity index (χ2n) is 6.92. The van der Waals surface area contributed by atoms with Gasteiger partial charge in [0, 0.05) is 19.6 Å². The first-order valence-electron chi connectivity index (χ1n) is 8.61. The molecule has 0 saturated carbocycles. The standard InChI is InChI=1S/C17H20.C5H12O3/c1-13-5-9-15(10-6-13)17(3,4)16-11-7-14(2)8-12-16;1-7-3-5(6)4-8-2/h5-12H,1-4H3;5-6H,3-4H2,1-2H3. The third kappa shape index (κ3) is 6.99. The lowest BCUT2D eigenvalue weighted by Crippen LogP contribution is -2.19. The van der Waals surface area contributed by atoms with Crippen LogP contribution in [0.3, 0.4) is 0 Å². The van der Waals surface area contributed by atoms with E-state index in [2.05, 4.69) is 85.7 Å². The highest BCUT2D eigenvalue weighted by Crippen LogP contribution is 2.31. The van der Waals surface area contributed by atoms with E-state index in [4.69, 9.17) is 5.11 Å². The van der Waals surface area contributed by atoms with E-state index in [0.29, 0.717) is 13.2 Å². The maximum absolute atomic E-state index is 8.80. The van der Waals surface area contributed by atoms with Crippen molar-refractivity contribution in [2.75, 3.05) is 27.4 Å². The number of ether oxygens (including phenoxy) is 2. The first kappa shape index (κ1) is 21.4. The van der Waals surface area contributed by atoms with Gasteiger partial charge in [-0.1, -0.05) is 73.5 Å². The van der Waals surface area contributed by atoms with Crippen LogP contribution in [-0.2, 0) is 14.9 Å². The molecule has 2 aromatic carbocycles. The van der Waals surface area contributed by atoms with Gasteiger partial charge in [0.25, 0.3) is 0 Å². The van der Waals surface area contributed by atoms with Gasteiger partial charge in [0.15, 0.2) is 0 Å². The SMILES string of the molecule is COCC(O)COC.Cc1ccc(C(C)(C)c2ccc(C)cc2)cc1. The molecule has 0 radical (unpaired) electrons. The van der Waals surface area contributed by atoms with Crippen LogP contribution in [0, 0.1) is 13.8 Å². The van der Waals surface area contributed by atoms with Crippen molar-refractivity contribution in [3.8, 4) is 0 Å². The molecule has 3 heteroatoms. The van der Waals surface area contributed by atoms with Crippen LogP contribution < -0.4 is 0 Å². The molecule has 0 spiro atoms. The second kappa shape index (κ2) is 10.3. The Morgan fingerprint density at radius 2 is 1.08 bits per heavy atom. The molecule has 0 saturated heterocycles. The average Bonchev–Trinajstić information content (AvgIpc) is 2.57. The fourth-order valence-corrected chi connectivity index (χ4v) is 2.54. The minimum atomic E-state index is -0.481. The number of benzene rings is 2. The van der Waals surface area contributed by atoms with Gasteiger partial charge in [0.1, 0.15) is 6.10 Å². The Bertz CT molecular complexity index is 547. The minimum absolute atomic E-state index is 0.0708. The third-order valence-electron chi connectivity index (χ3n) is 4.26. The Morgan fingerprint density at radius 3 is 1.36 bits per heavy atom. The van der Waals surface area contributed by atoms with Crippen LogP contribution in [-0.4, -0.2) is 38.6 Å². The Morgan fingerprint density at radius 1 is 0.760 bits per heavy atom. The van der Waals surface area contributed by atoms with Gasteiger partial charge < -0.3 is 14.6 Å². The molecule has 3 nitrogen and oxygen atoms in total. The number of hydrogen-bond donors (Lipinski definition) is 1. The zero-order chi connectivity index (χ0) is 18.9. The molecule has 2 aromatic rings. The molecule has 25 heavy (non-hydrogen) atoms. The molecule has 0 bridgehead atoms. The highest BCUT2D eigenvalue weighted by atomic mass is 16.5. The zero-order valence-electron chi connectivity index (χ0n) is 16.4. The highest BCUT2D eigenvalue weighted by Gasteiger charge is 2.22. The molecule has 0 heterocycles. The molecule has 0 aliphatic carbocycles. The average molecular weight is 344 g/mol. The Balaban J connectivity index is 0.000000333. The van der Waals surface area contributed by atoms with E-state index in [9.17, 15) is 0 Å². The summed E-state index contributed by atoms with van der Waals surface area (Å²) in [4.78, 5) is 0. The van der Waals surface area contributed by atoms with Crippen molar-refractivity contribution < 1.29 is 14.6 Å². The van der Waals surface area contributed by atoms with Crippen molar-refractivity contribution in [3.05, 3.63) is 70.8 Å². The Labute approximate surface area is 152 Å². The number of aliphatic hydroxyl groups is 1. The van der Waals surface area contributed by atoms with Crippen molar-refractivity contribution in [2.45, 2.75) is 39.2 Å². The molecule has 138 valence electrons. The maximum atomic E-state index is 8.80. The summed E-state index contributed by atoms with van der Waals surface area (Å²) in [5, 5.41) is 8.80. The van der Waals surface area contributed by atoms with Gasteiger partial charge in [-0.3, -0.25) is 0 Å². The van der Waals surface area contributed by atoms with E-state index in [0.717, 1.165) is 0 Å². The molecule has 1 N–H and O–H groups in total. The lowest BCUT2D eigenvalue weighted by atomic mass is 9.78. The minimum Gasteiger partial charge on any atom is -0.388 e. The Hall–Kier alpha value is -1.68. The number of rotatable bonds is 6. The topological polar surface area (TPSA) is 38.7 Å². The van der Waals surface area contributed by atoms with Crippen LogP contribution in [0.1, 0.15) is 36.1 Å². The largest absolute Gasteiger partial charge is 0.388 e. The van der Waals surface area contributed by atoms with Crippen molar-refractivity contribution in [3.63, 3.8) is 0 Å². The van der Waals surface area contributed by atoms with Crippen LogP contribution in [0.2, 0.25) is 0 Å². The molecule has 0 atom stereocenters. The summed E-state index contributed by atoms with van der Waals surface area (Å²) in [6.45, 7) is 9.50. The molecule has 0 unspecified atom stereocenters. The number of aryl methyl sites for hydroxylation is 2. The van der Waals surface area contributed by atoms with Gasteiger partial charge in [-0.05, 0) is 25.0 Å². The highest BCUT2D eigenvalue weighted by molar-refractivity contribution is 5.39. The molecular weight excluding hydrogens is 312 g/mol. The van der Waals surface area contributed by atoms with E-state index in [1.807, 2.05) is 0 Å². The van der Waals surface area contributed by atoms with Gasteiger partial charge in [-0.25, -0.2) is 0 Å². The normalized spacial score (nSPS) is 11.2. The monoisotopic (exact) mass is 344 g/mol. The molecule has 0 fully saturated rings. The fourth-order valence-electron chi connectivity index (χ4n) is 2.54. The first-order chi connectivity index (χ1) is 11.8. The predicted molar refractivity (Wildman–Crippen MR) is 104 cm³/mol. The van der Waals surface area contributed by atoms with Crippen LogP contribution in [0.5, 0.6) is 0 Å². The van der Waals surface area contributed by atoms with Gasteiger partial charge in [0.2, 0.25) is 0 Å². The quantitative estimate of drug-likeness (QED) is 0.850. The van der Waals surface area contributed by atoms with Gasteiger partial charge in [-0.15, -0.1) is 0 Å². The van der Waals surface area contributed by atoms with Crippen LogP contribution in [0.4, 0.5) is 0 Å². The molecule has 0 aliphatic heterocycles. The summed E-state index contributed by atoms with van der Waals surface area (Å²) >= 11 is 0. The first-order valence-corrected chi connectivity index (χ1v) is 8.61. The summed E-state index contributed by atoms with van der Waals surface area (Å²) in [6.07, 6.45) is -0.481. The smallest absolute Gasteiger partial charge is 0.101 e. The molecule has 0 aliphatic rings. The van der Waals surface area contributed by atoms with Crippen molar-refractivity contribution in [1.29, 1.82) is 0 Å². The fraction of sp³-hybridized carbons (Fsp3) is 0.455. The van der Waals surface area contributed by atoms with E-state index in [-0.39, 0.29) is 5.41 Å². The summed E-state index contributed by atoms with van der Waals surface area (Å²) in [5.41, 5.74) is 5.43. The van der Waals surface area contributed by atoms with Crippen molar-refractivity contribution in [1.82, 2.24) is 0 Å². The number of methoxy groups -OCH3 is 2. The van der Waals surface area contributed by atoms with Gasteiger partial charge in [-0.2, -0.15) is 0 Å². The maximum Gasteiger partial charge on any atom is 0.101 e. The van der Waals surface area contributed by atoms with Crippen LogP contribution in [0.25, 0.3) is 0 Å². The van der Waals surface area contributed by atoms with Crippen LogP contribution >= 0.6 is 0 Å². The zero-order valence-corrected chi connectivity index (χ0v) is 16.4. The summed E-state index contributed by atoms with van der Waals surface area (Å²) < 4.78 is 9.25. The molecule has 0 amide bonds. The molecular formula is C22H32O3. The van der Waals surface area contributed by atoms with E-state index in [1.165, 1.54) is 22.3 Å². The Kier molecular flexibility index (Phi) is 8.84. The van der Waals surface area contributed by atoms with Gasteiger partial charge >= 0.3 is 0 Å².